The topological polar surface area (TPSA) is 54.4 Å². The van der Waals surface area contributed by atoms with Crippen molar-refractivity contribution in [3.8, 4) is 0 Å². The fourth-order valence-corrected chi connectivity index (χ4v) is 0.638. The van der Waals surface area contributed by atoms with Crippen LogP contribution in [-0.2, 0) is 9.59 Å². The summed E-state index contributed by atoms with van der Waals surface area (Å²) in [7, 11) is 0. The lowest BCUT2D eigenvalue weighted by Crippen LogP contribution is -2.10. The van der Waals surface area contributed by atoms with E-state index in [9.17, 15) is 9.59 Å². The number of rotatable bonds is 4. The van der Waals surface area contributed by atoms with Gasteiger partial charge in [0.2, 0.25) is 0 Å². The molecule has 13 heavy (non-hydrogen) atoms. The fourth-order valence-electron chi connectivity index (χ4n) is 0.638. The maximum atomic E-state index is 10.2. The number of ketones is 1. The quantitative estimate of drug-likeness (QED) is 0.737. The lowest BCUT2D eigenvalue weighted by Gasteiger charge is -2.02. The number of carbonyl (C=O) groups is 2. The third-order valence-electron chi connectivity index (χ3n) is 1.83. The van der Waals surface area contributed by atoms with E-state index in [-0.39, 0.29) is 11.7 Å². The number of hydrogen-bond acceptors (Lipinski definition) is 2. The number of carbonyl (C=O) groups excluding carboxylic acids is 1. The Kier molecular flexibility index (Phi) is 10.4. The maximum absolute atomic E-state index is 10.2. The minimum absolute atomic E-state index is 0.130. The van der Waals surface area contributed by atoms with Crippen molar-refractivity contribution >= 4 is 11.8 Å². The zero-order valence-electron chi connectivity index (χ0n) is 8.96. The average molecular weight is 188 g/mol. The lowest BCUT2D eigenvalue weighted by molar-refractivity contribution is -0.141. The molecule has 0 aromatic heterocycles. The Morgan fingerprint density at radius 1 is 1.15 bits per heavy atom. The minimum Gasteiger partial charge on any atom is -0.481 e. The molecule has 0 aromatic carbocycles. The van der Waals surface area contributed by atoms with E-state index in [0.717, 1.165) is 12.8 Å². The predicted molar refractivity (Wildman–Crippen MR) is 52.7 cm³/mol. The largest absolute Gasteiger partial charge is 0.481 e. The predicted octanol–water partition coefficient (Wildman–Crippen LogP) is 2.49. The molecule has 3 nitrogen and oxygen atoms in total. The van der Waals surface area contributed by atoms with E-state index in [4.69, 9.17) is 5.11 Å². The molecule has 0 radical (unpaired) electrons. The van der Waals surface area contributed by atoms with Gasteiger partial charge < -0.3 is 9.90 Å². The maximum Gasteiger partial charge on any atom is 0.306 e. The van der Waals surface area contributed by atoms with Crippen molar-refractivity contribution in [2.24, 2.45) is 5.92 Å². The summed E-state index contributed by atoms with van der Waals surface area (Å²) < 4.78 is 0. The molecule has 0 unspecified atom stereocenters. The second kappa shape index (κ2) is 9.23. The van der Waals surface area contributed by atoms with Crippen molar-refractivity contribution in [2.45, 2.75) is 47.0 Å². The molecule has 0 spiro atoms. The van der Waals surface area contributed by atoms with Crippen LogP contribution in [0.1, 0.15) is 47.0 Å². The van der Waals surface area contributed by atoms with Gasteiger partial charge in [0.1, 0.15) is 5.78 Å². The zero-order valence-corrected chi connectivity index (χ0v) is 8.96. The van der Waals surface area contributed by atoms with Crippen LogP contribution in [0.3, 0.4) is 0 Å². The summed E-state index contributed by atoms with van der Waals surface area (Å²) >= 11 is 0. The van der Waals surface area contributed by atoms with Crippen LogP contribution < -0.4 is 0 Å². The van der Waals surface area contributed by atoms with Gasteiger partial charge in [-0.15, -0.1) is 0 Å². The van der Waals surface area contributed by atoms with Gasteiger partial charge in [0.25, 0.3) is 0 Å². The molecule has 0 fully saturated rings. The number of carboxylic acids is 1. The summed E-state index contributed by atoms with van der Waals surface area (Å²) in [6.07, 6.45) is 2.15. The molecule has 3 heteroatoms. The fraction of sp³-hybridized carbons (Fsp3) is 0.800. The van der Waals surface area contributed by atoms with Gasteiger partial charge in [-0.2, -0.15) is 0 Å². The van der Waals surface area contributed by atoms with E-state index in [1.165, 1.54) is 0 Å². The first kappa shape index (κ1) is 14.7. The van der Waals surface area contributed by atoms with Crippen molar-refractivity contribution < 1.29 is 14.7 Å². The summed E-state index contributed by atoms with van der Waals surface area (Å²) in [4.78, 5) is 20.0. The molecular weight excluding hydrogens is 168 g/mol. The van der Waals surface area contributed by atoms with Gasteiger partial charge in [0, 0.05) is 6.42 Å². The molecule has 0 saturated heterocycles. The molecule has 0 aliphatic carbocycles. The van der Waals surface area contributed by atoms with Gasteiger partial charge in [-0.3, -0.25) is 4.79 Å². The first-order valence-electron chi connectivity index (χ1n) is 4.71. The molecule has 0 aliphatic rings. The van der Waals surface area contributed by atoms with Gasteiger partial charge >= 0.3 is 5.97 Å². The number of hydrogen-bond donors (Lipinski definition) is 1. The highest BCUT2D eigenvalue weighted by Crippen LogP contribution is 2.05. The van der Waals surface area contributed by atoms with Crippen molar-refractivity contribution in [1.82, 2.24) is 0 Å². The Bertz CT molecular complexity index is 148. The monoisotopic (exact) mass is 188 g/mol. The molecule has 0 atom stereocenters. The van der Waals surface area contributed by atoms with Gasteiger partial charge in [0.15, 0.2) is 0 Å². The molecule has 0 bridgehead atoms. The van der Waals surface area contributed by atoms with Crippen molar-refractivity contribution in [1.29, 1.82) is 0 Å². The summed E-state index contributed by atoms with van der Waals surface area (Å²) in [5, 5.41) is 8.37. The first-order valence-corrected chi connectivity index (χ1v) is 4.71. The standard InChI is InChI=1S/C6H12O2.C4H8O/c1-3-5(4-2)6(7)8;1-3-4(2)5/h5H,3-4H2,1-2H3,(H,7,8);3H2,1-2H3. The first-order chi connectivity index (χ1) is 5.99. The van der Waals surface area contributed by atoms with Crippen LogP contribution in [0.15, 0.2) is 0 Å². The molecule has 78 valence electrons. The van der Waals surface area contributed by atoms with E-state index in [2.05, 4.69) is 0 Å². The summed E-state index contributed by atoms with van der Waals surface area (Å²) in [6, 6.07) is 0. The third-order valence-corrected chi connectivity index (χ3v) is 1.83. The molecule has 0 saturated carbocycles. The van der Waals surface area contributed by atoms with Gasteiger partial charge in [0.05, 0.1) is 5.92 Å². The highest BCUT2D eigenvalue weighted by molar-refractivity contribution is 5.74. The molecule has 0 rings (SSSR count). The number of carboxylic acid groups (broad SMARTS) is 1. The molecule has 0 amide bonds. The Balaban J connectivity index is 0. The van der Waals surface area contributed by atoms with Crippen LogP contribution in [0.25, 0.3) is 0 Å². The Morgan fingerprint density at radius 3 is 1.46 bits per heavy atom. The van der Waals surface area contributed by atoms with E-state index in [1.54, 1.807) is 6.92 Å². The molecular formula is C10H20O3. The smallest absolute Gasteiger partial charge is 0.306 e. The van der Waals surface area contributed by atoms with E-state index in [0.29, 0.717) is 6.42 Å². The number of Topliss-reactive ketones (excluding diaryl/α,β-unsaturated/α-hetero) is 1. The zero-order chi connectivity index (χ0) is 10.9. The summed E-state index contributed by atoms with van der Waals surface area (Å²) in [6.45, 7) is 7.22. The van der Waals surface area contributed by atoms with E-state index >= 15 is 0 Å². The average Bonchev–Trinajstić information content (AvgIpc) is 2.07. The van der Waals surface area contributed by atoms with Crippen LogP contribution in [0, 0.1) is 5.92 Å². The molecule has 0 heterocycles. The minimum atomic E-state index is -0.671. The summed E-state index contributed by atoms with van der Waals surface area (Å²) in [5.74, 6) is -0.546. The Labute approximate surface area is 80.1 Å². The molecule has 1 N–H and O–H groups in total. The normalized spacial score (nSPS) is 9.00. The summed E-state index contributed by atoms with van der Waals surface area (Å²) in [5.41, 5.74) is 0. The van der Waals surface area contributed by atoms with Crippen LogP contribution >= 0.6 is 0 Å². The Morgan fingerprint density at radius 2 is 1.46 bits per heavy atom. The van der Waals surface area contributed by atoms with E-state index < -0.39 is 5.97 Å². The van der Waals surface area contributed by atoms with Crippen molar-refractivity contribution in [2.75, 3.05) is 0 Å². The van der Waals surface area contributed by atoms with Crippen molar-refractivity contribution in [3.05, 3.63) is 0 Å². The van der Waals surface area contributed by atoms with Crippen LogP contribution in [0.2, 0.25) is 0 Å². The van der Waals surface area contributed by atoms with Crippen LogP contribution in [0.5, 0.6) is 0 Å². The van der Waals surface area contributed by atoms with Gasteiger partial charge in [-0.25, -0.2) is 0 Å². The lowest BCUT2D eigenvalue weighted by atomic mass is 10.1. The van der Waals surface area contributed by atoms with Gasteiger partial charge in [-0.05, 0) is 19.8 Å². The highest BCUT2D eigenvalue weighted by Gasteiger charge is 2.10. The third kappa shape index (κ3) is 11.1. The highest BCUT2D eigenvalue weighted by atomic mass is 16.4. The Hall–Kier alpha value is -0.860. The van der Waals surface area contributed by atoms with Gasteiger partial charge in [-0.1, -0.05) is 20.8 Å². The van der Waals surface area contributed by atoms with Crippen LogP contribution in [0.4, 0.5) is 0 Å². The molecule has 0 aromatic rings. The number of aliphatic carboxylic acids is 1. The van der Waals surface area contributed by atoms with Crippen molar-refractivity contribution in [3.63, 3.8) is 0 Å². The van der Waals surface area contributed by atoms with Crippen LogP contribution in [-0.4, -0.2) is 16.9 Å². The second-order valence-corrected chi connectivity index (χ2v) is 2.91. The SMILES string of the molecule is CCC(C)=O.CCC(CC)C(=O)O. The second-order valence-electron chi connectivity index (χ2n) is 2.91. The molecule has 0 aliphatic heterocycles. The van der Waals surface area contributed by atoms with E-state index in [1.807, 2.05) is 20.8 Å².